The van der Waals surface area contributed by atoms with Crippen LogP contribution in [0.5, 0.6) is 0 Å². The van der Waals surface area contributed by atoms with Crippen LogP contribution in [0, 0.1) is 17.0 Å². The Morgan fingerprint density at radius 2 is 2.14 bits per heavy atom. The molecular weight excluding hydrogens is 334 g/mol. The Bertz CT molecular complexity index is 778. The maximum atomic E-state index is 11.6. The number of hydrogen-bond acceptors (Lipinski definition) is 8. The van der Waals surface area contributed by atoms with Crippen LogP contribution in [-0.4, -0.2) is 31.6 Å². The van der Waals surface area contributed by atoms with Gasteiger partial charge in [-0.15, -0.1) is 11.3 Å². The standard InChI is InChI=1S/C11H13N3O4S3/c1-7-12-8(6-19-7)5-13(2)11-9(14(15)16)4-10(20-11)21(3,17)18/h4,6H,5H2,1-3H3. The molecule has 0 saturated carbocycles. The minimum absolute atomic E-state index is 0.00879. The van der Waals surface area contributed by atoms with Gasteiger partial charge in [-0.1, -0.05) is 11.3 Å². The van der Waals surface area contributed by atoms with Gasteiger partial charge in [-0.2, -0.15) is 0 Å². The fourth-order valence-corrected chi connectivity index (χ4v) is 4.32. The summed E-state index contributed by atoms with van der Waals surface area (Å²) in [6, 6.07) is 1.11. The number of thiazole rings is 1. The van der Waals surface area contributed by atoms with Gasteiger partial charge in [-0.25, -0.2) is 13.4 Å². The van der Waals surface area contributed by atoms with Gasteiger partial charge in [0.1, 0.15) is 4.21 Å². The predicted molar refractivity (Wildman–Crippen MR) is 83.0 cm³/mol. The lowest BCUT2D eigenvalue weighted by atomic mass is 10.4. The second-order valence-electron chi connectivity index (χ2n) is 4.50. The fraction of sp³-hybridized carbons (Fsp3) is 0.364. The van der Waals surface area contributed by atoms with Gasteiger partial charge in [0, 0.05) is 24.7 Å². The van der Waals surface area contributed by atoms with Crippen molar-refractivity contribution >= 4 is 43.2 Å². The Morgan fingerprint density at radius 1 is 1.48 bits per heavy atom. The summed E-state index contributed by atoms with van der Waals surface area (Å²) in [5.74, 6) is 0. The maximum absolute atomic E-state index is 11.6. The number of rotatable bonds is 5. The lowest BCUT2D eigenvalue weighted by Gasteiger charge is -2.14. The molecule has 114 valence electrons. The lowest BCUT2D eigenvalue weighted by Crippen LogP contribution is -2.16. The number of thiophene rings is 1. The summed E-state index contributed by atoms with van der Waals surface area (Å²) < 4.78 is 23.1. The monoisotopic (exact) mass is 347 g/mol. The van der Waals surface area contributed by atoms with Crippen molar-refractivity contribution in [1.29, 1.82) is 0 Å². The molecule has 2 rings (SSSR count). The molecule has 0 atom stereocenters. The van der Waals surface area contributed by atoms with Crippen LogP contribution in [0.15, 0.2) is 15.7 Å². The number of nitro groups is 1. The minimum atomic E-state index is -3.47. The van der Waals surface area contributed by atoms with Crippen LogP contribution in [-0.2, 0) is 16.4 Å². The van der Waals surface area contributed by atoms with Gasteiger partial charge in [-0.05, 0) is 6.92 Å². The van der Waals surface area contributed by atoms with Gasteiger partial charge in [0.25, 0.3) is 0 Å². The molecule has 0 amide bonds. The highest BCUT2D eigenvalue weighted by Gasteiger charge is 2.26. The third-order valence-corrected chi connectivity index (χ3v) is 6.51. The molecule has 0 bridgehead atoms. The Balaban J connectivity index is 2.37. The van der Waals surface area contributed by atoms with Crippen LogP contribution in [0.2, 0.25) is 0 Å². The van der Waals surface area contributed by atoms with Crippen molar-refractivity contribution in [2.24, 2.45) is 0 Å². The Kier molecular flexibility index (Phi) is 4.30. The van der Waals surface area contributed by atoms with Gasteiger partial charge in [-0.3, -0.25) is 10.1 Å². The molecule has 21 heavy (non-hydrogen) atoms. The molecule has 0 aliphatic rings. The third kappa shape index (κ3) is 3.57. The van der Waals surface area contributed by atoms with Crippen molar-refractivity contribution in [2.45, 2.75) is 17.7 Å². The normalized spacial score (nSPS) is 11.6. The van der Waals surface area contributed by atoms with E-state index >= 15 is 0 Å². The Labute approximate surface area is 129 Å². The zero-order chi connectivity index (χ0) is 15.8. The van der Waals surface area contributed by atoms with E-state index in [0.29, 0.717) is 11.5 Å². The highest BCUT2D eigenvalue weighted by atomic mass is 32.2. The zero-order valence-electron chi connectivity index (χ0n) is 11.6. The average molecular weight is 347 g/mol. The van der Waals surface area contributed by atoms with Crippen molar-refractivity contribution in [3.8, 4) is 0 Å². The second kappa shape index (κ2) is 5.70. The van der Waals surface area contributed by atoms with E-state index < -0.39 is 14.8 Å². The van der Waals surface area contributed by atoms with E-state index in [1.807, 2.05) is 12.3 Å². The quantitative estimate of drug-likeness (QED) is 0.609. The van der Waals surface area contributed by atoms with Crippen LogP contribution >= 0.6 is 22.7 Å². The summed E-state index contributed by atoms with van der Waals surface area (Å²) in [4.78, 5) is 16.5. The lowest BCUT2D eigenvalue weighted by molar-refractivity contribution is -0.383. The van der Waals surface area contributed by atoms with E-state index in [-0.39, 0.29) is 9.90 Å². The molecule has 2 aromatic rings. The van der Waals surface area contributed by atoms with Gasteiger partial charge < -0.3 is 4.90 Å². The van der Waals surface area contributed by atoms with Gasteiger partial charge in [0.2, 0.25) is 0 Å². The first-order valence-corrected chi connectivity index (χ1v) is 9.37. The number of hydrogen-bond donors (Lipinski definition) is 0. The molecule has 0 saturated heterocycles. The summed E-state index contributed by atoms with van der Waals surface area (Å²) in [6.07, 6.45) is 1.04. The van der Waals surface area contributed by atoms with E-state index in [1.54, 1.807) is 11.9 Å². The Hall–Kier alpha value is -1.52. The van der Waals surface area contributed by atoms with E-state index in [9.17, 15) is 18.5 Å². The summed E-state index contributed by atoms with van der Waals surface area (Å²) in [5.41, 5.74) is 0.596. The van der Waals surface area contributed by atoms with Gasteiger partial charge >= 0.3 is 5.69 Å². The third-order valence-electron chi connectivity index (χ3n) is 2.65. The fourth-order valence-electron chi connectivity index (χ4n) is 1.73. The molecule has 0 aliphatic heterocycles. The number of anilines is 1. The van der Waals surface area contributed by atoms with E-state index in [1.165, 1.54) is 11.3 Å². The molecule has 0 aliphatic carbocycles. The van der Waals surface area contributed by atoms with E-state index in [0.717, 1.165) is 34.4 Å². The van der Waals surface area contributed by atoms with Crippen LogP contribution in [0.3, 0.4) is 0 Å². The van der Waals surface area contributed by atoms with Gasteiger partial charge in [0.05, 0.1) is 22.2 Å². The molecule has 0 unspecified atom stereocenters. The smallest absolute Gasteiger partial charge is 0.305 e. The predicted octanol–water partition coefficient (Wildman–Crippen LogP) is 2.46. The molecule has 0 aromatic carbocycles. The molecule has 0 fully saturated rings. The average Bonchev–Trinajstić information content (AvgIpc) is 2.94. The maximum Gasteiger partial charge on any atom is 0.305 e. The van der Waals surface area contributed by atoms with Crippen molar-refractivity contribution in [3.05, 3.63) is 32.3 Å². The van der Waals surface area contributed by atoms with Crippen molar-refractivity contribution in [1.82, 2.24) is 4.98 Å². The second-order valence-corrected chi connectivity index (χ2v) is 8.83. The molecule has 0 radical (unpaired) electrons. The van der Waals surface area contributed by atoms with Crippen LogP contribution in [0.25, 0.3) is 0 Å². The minimum Gasteiger partial charge on any atom is -0.355 e. The van der Waals surface area contributed by atoms with Crippen LogP contribution in [0.4, 0.5) is 10.7 Å². The van der Waals surface area contributed by atoms with E-state index in [4.69, 9.17) is 0 Å². The molecule has 2 aromatic heterocycles. The summed E-state index contributed by atoms with van der Waals surface area (Å²) in [6.45, 7) is 2.26. The largest absolute Gasteiger partial charge is 0.355 e. The topological polar surface area (TPSA) is 93.4 Å². The van der Waals surface area contributed by atoms with Crippen molar-refractivity contribution in [2.75, 3.05) is 18.2 Å². The van der Waals surface area contributed by atoms with Crippen molar-refractivity contribution in [3.63, 3.8) is 0 Å². The summed E-state index contributed by atoms with van der Waals surface area (Å²) in [5, 5.41) is 14.2. The number of sulfone groups is 1. The highest BCUT2D eigenvalue weighted by molar-refractivity contribution is 7.92. The number of nitrogens with zero attached hydrogens (tertiary/aromatic N) is 3. The molecule has 10 heteroatoms. The molecule has 0 spiro atoms. The first-order chi connectivity index (χ1) is 9.68. The molecule has 2 heterocycles. The molecular formula is C11H13N3O4S3. The van der Waals surface area contributed by atoms with Gasteiger partial charge in [0.15, 0.2) is 14.8 Å². The molecule has 0 N–H and O–H groups in total. The number of aromatic nitrogens is 1. The summed E-state index contributed by atoms with van der Waals surface area (Å²) in [7, 11) is -1.79. The molecule has 7 nitrogen and oxygen atoms in total. The Morgan fingerprint density at radius 3 is 2.62 bits per heavy atom. The van der Waals surface area contributed by atoms with Crippen molar-refractivity contribution < 1.29 is 13.3 Å². The number of aryl methyl sites for hydroxylation is 1. The SMILES string of the molecule is Cc1nc(CN(C)c2sc(S(C)(=O)=O)cc2[N+](=O)[O-])cs1. The first kappa shape index (κ1) is 15.9. The summed E-state index contributed by atoms with van der Waals surface area (Å²) >= 11 is 2.40. The van der Waals surface area contributed by atoms with Crippen LogP contribution in [0.1, 0.15) is 10.7 Å². The zero-order valence-corrected chi connectivity index (χ0v) is 14.0. The first-order valence-electron chi connectivity index (χ1n) is 5.79. The van der Waals surface area contributed by atoms with Crippen LogP contribution < -0.4 is 4.90 Å². The highest BCUT2D eigenvalue weighted by Crippen LogP contribution is 2.39. The van der Waals surface area contributed by atoms with E-state index in [2.05, 4.69) is 4.98 Å².